The minimum Gasteiger partial charge on any atom is -0.871 e. The van der Waals surface area contributed by atoms with E-state index in [1.807, 2.05) is 51.6 Å². The van der Waals surface area contributed by atoms with Crippen LogP contribution < -0.4 is 5.11 Å². The predicted octanol–water partition coefficient (Wildman–Crippen LogP) is 5.77. The van der Waals surface area contributed by atoms with Crippen LogP contribution in [0.25, 0.3) is 0 Å². The molecule has 27 heavy (non-hydrogen) atoms. The minimum absolute atomic E-state index is 0. The normalized spacial score (nSPS) is 10.1. The molecule has 4 nitrogen and oxygen atoms in total. The fraction of sp³-hybridized carbons (Fsp3) is 0.318. The van der Waals surface area contributed by atoms with E-state index in [4.69, 9.17) is 0 Å². The molecule has 0 heterocycles. The van der Waals surface area contributed by atoms with Gasteiger partial charge in [0, 0.05) is 0 Å². The molecule has 0 unspecified atom stereocenters. The van der Waals surface area contributed by atoms with Gasteiger partial charge in [-0.05, 0) is 56.6 Å². The number of nitrogens with zero attached hydrogens (tertiary/aromatic N) is 3. The topological polar surface area (TPSA) is 51.0 Å². The maximum absolute atomic E-state index is 11.6. The van der Waals surface area contributed by atoms with Crippen molar-refractivity contribution < 1.29 is 26.2 Å². The van der Waals surface area contributed by atoms with E-state index in [-0.39, 0.29) is 26.8 Å². The van der Waals surface area contributed by atoms with Crippen LogP contribution >= 0.6 is 0 Å². The van der Waals surface area contributed by atoms with E-state index < -0.39 is 0 Å². The molecule has 0 aliphatic rings. The molecule has 0 bridgehead atoms. The molecule has 0 aliphatic heterocycles. The summed E-state index contributed by atoms with van der Waals surface area (Å²) in [6.45, 7) is 17.9. The molecule has 0 fully saturated rings. The monoisotopic (exact) mass is 546 g/mol. The number of hydrogen-bond acceptors (Lipinski definition) is 4. The second kappa shape index (κ2) is 13.3. The van der Waals surface area contributed by atoms with Gasteiger partial charge in [-0.15, -0.1) is 0 Å². The van der Waals surface area contributed by atoms with E-state index in [1.54, 1.807) is 12.1 Å². The number of benzene rings is 2. The number of likely N-dealkylation sites (N-methyl/N-ethyl adjacent to an activating group) is 1. The summed E-state index contributed by atoms with van der Waals surface area (Å²) in [4.78, 5) is 2.19. The summed E-state index contributed by atoms with van der Waals surface area (Å²) in [7, 11) is 0. The third-order valence-electron chi connectivity index (χ3n) is 3.94. The van der Waals surface area contributed by atoms with Crippen molar-refractivity contribution >= 4 is 11.4 Å². The summed E-state index contributed by atoms with van der Waals surface area (Å²) in [6, 6.07) is 11.0. The van der Waals surface area contributed by atoms with Crippen LogP contribution in [0.2, 0.25) is 0 Å². The zero-order valence-electron chi connectivity index (χ0n) is 16.8. The fourth-order valence-electron chi connectivity index (χ4n) is 2.36. The molecule has 2 rings (SSSR count). The first-order valence-electron chi connectivity index (χ1n) is 8.88. The zero-order chi connectivity index (χ0) is 19.5. The van der Waals surface area contributed by atoms with Gasteiger partial charge in [0.1, 0.15) is 0 Å². The van der Waals surface area contributed by atoms with Crippen molar-refractivity contribution in [1.82, 2.24) is 4.90 Å². The van der Waals surface area contributed by atoms with Gasteiger partial charge < -0.3 is 10.0 Å². The largest absolute Gasteiger partial charge is 2.00 e. The van der Waals surface area contributed by atoms with Gasteiger partial charge in [-0.1, -0.05) is 49.9 Å². The summed E-state index contributed by atoms with van der Waals surface area (Å²) < 4.78 is 0. The van der Waals surface area contributed by atoms with Crippen LogP contribution in [0.15, 0.2) is 59.3 Å². The van der Waals surface area contributed by atoms with E-state index in [9.17, 15) is 5.11 Å². The second-order valence-electron chi connectivity index (χ2n) is 6.02. The van der Waals surface area contributed by atoms with Crippen LogP contribution in [-0.2, 0) is 21.1 Å². The molecule has 0 N–H and O–H groups in total. The second-order valence-corrected chi connectivity index (χ2v) is 6.02. The van der Waals surface area contributed by atoms with Crippen LogP contribution in [0.1, 0.15) is 30.5 Å². The van der Waals surface area contributed by atoms with Crippen LogP contribution in [0.5, 0.6) is 5.75 Å². The molecular weight excluding hydrogens is 517 g/mol. The Morgan fingerprint density at radius 1 is 1.04 bits per heavy atom. The summed E-state index contributed by atoms with van der Waals surface area (Å²) in [5.41, 5.74) is 4.33. The first-order chi connectivity index (χ1) is 12.4. The predicted molar refractivity (Wildman–Crippen MR) is 108 cm³/mol. The zero-order valence-corrected chi connectivity index (χ0v) is 19.1. The standard InChI is InChI=1S/C15H16N2O.C7H14N.Pt/c1-10-7-8-14(18)13(9-10)16-17-15-11(2)5-4-6-12(15)3;1-4-7-8(5-2)6-3;/h4-9,18H,1-3H3;4,7H,1,5-6H2,2-3H3;/q;-1;+2/p-1. The van der Waals surface area contributed by atoms with Crippen molar-refractivity contribution in [1.29, 1.82) is 0 Å². The van der Waals surface area contributed by atoms with Gasteiger partial charge >= 0.3 is 21.1 Å². The minimum atomic E-state index is -0.101. The summed E-state index contributed by atoms with van der Waals surface area (Å²) >= 11 is 0. The third-order valence-corrected chi connectivity index (χ3v) is 3.94. The molecule has 2 aromatic carbocycles. The molecule has 0 atom stereocenters. The molecule has 0 spiro atoms. The van der Waals surface area contributed by atoms with Gasteiger partial charge in [-0.3, -0.25) is 0 Å². The summed E-state index contributed by atoms with van der Waals surface area (Å²) in [5, 5.41) is 19.9. The molecule has 0 saturated heterocycles. The van der Waals surface area contributed by atoms with Gasteiger partial charge in [-0.2, -0.15) is 16.8 Å². The van der Waals surface area contributed by atoms with Gasteiger partial charge in [0.15, 0.2) is 0 Å². The first kappa shape index (κ1) is 25.1. The average molecular weight is 547 g/mol. The van der Waals surface area contributed by atoms with E-state index in [2.05, 4.69) is 35.6 Å². The van der Waals surface area contributed by atoms with Gasteiger partial charge in [0.2, 0.25) is 0 Å². The van der Waals surface area contributed by atoms with E-state index in [1.165, 1.54) is 6.07 Å². The van der Waals surface area contributed by atoms with Crippen molar-refractivity contribution in [3.8, 4) is 5.75 Å². The number of rotatable bonds is 6. The van der Waals surface area contributed by atoms with Crippen molar-refractivity contribution in [2.45, 2.75) is 34.6 Å². The Bertz CT molecular complexity index is 720. The van der Waals surface area contributed by atoms with Crippen LogP contribution in [0.4, 0.5) is 11.4 Å². The Hall–Kier alpha value is -1.90. The smallest absolute Gasteiger partial charge is 0.871 e. The maximum atomic E-state index is 11.6. The number of hydrogen-bond donors (Lipinski definition) is 0. The van der Waals surface area contributed by atoms with E-state index >= 15 is 0 Å². The average Bonchev–Trinajstić information content (AvgIpc) is 2.62. The fourth-order valence-corrected chi connectivity index (χ4v) is 2.36. The molecule has 0 amide bonds. The first-order valence-corrected chi connectivity index (χ1v) is 8.88. The van der Waals surface area contributed by atoms with Gasteiger partial charge in [-0.25, -0.2) is 12.7 Å². The van der Waals surface area contributed by atoms with E-state index in [0.29, 0.717) is 5.69 Å². The SMILES string of the molecule is C=C[CH-]N(CC)CC.Cc1ccc([O-])c(N=Nc2c(C)cccc2C)c1.[Pt+2]. The van der Waals surface area contributed by atoms with Crippen LogP contribution in [0.3, 0.4) is 0 Å². The van der Waals surface area contributed by atoms with Crippen LogP contribution in [0, 0.1) is 27.3 Å². The number of aryl methyl sites for hydroxylation is 3. The van der Waals surface area contributed by atoms with Gasteiger partial charge in [0.05, 0.1) is 11.4 Å². The Kier molecular flexibility index (Phi) is 12.4. The Morgan fingerprint density at radius 2 is 1.63 bits per heavy atom. The molecule has 0 radical (unpaired) electrons. The molecule has 0 saturated carbocycles. The Labute approximate surface area is 178 Å². The maximum Gasteiger partial charge on any atom is 2.00 e. The Balaban J connectivity index is 0.000000645. The van der Waals surface area contributed by atoms with Crippen LogP contribution in [-0.4, -0.2) is 18.0 Å². The molecule has 5 heteroatoms. The molecule has 2 aromatic rings. The van der Waals surface area contributed by atoms with Gasteiger partial charge in [0.25, 0.3) is 0 Å². The van der Waals surface area contributed by atoms with Crippen molar-refractivity contribution in [2.24, 2.45) is 10.2 Å². The summed E-state index contributed by atoms with van der Waals surface area (Å²) in [5.74, 6) is -0.101. The third kappa shape index (κ3) is 8.55. The molecule has 0 aromatic heterocycles. The molecule has 148 valence electrons. The summed E-state index contributed by atoms with van der Waals surface area (Å²) in [6.07, 6.45) is 1.81. The number of azo groups is 1. The molecule has 0 aliphatic carbocycles. The quantitative estimate of drug-likeness (QED) is 0.341. The van der Waals surface area contributed by atoms with Crippen molar-refractivity contribution in [2.75, 3.05) is 13.1 Å². The van der Waals surface area contributed by atoms with Crippen molar-refractivity contribution in [3.05, 3.63) is 72.3 Å². The van der Waals surface area contributed by atoms with Crippen molar-refractivity contribution in [3.63, 3.8) is 0 Å². The van der Waals surface area contributed by atoms with E-state index in [0.717, 1.165) is 35.5 Å². The molecular formula is C22H29N3OPt. The Morgan fingerprint density at radius 3 is 2.11 bits per heavy atom.